The van der Waals surface area contributed by atoms with Crippen LogP contribution < -0.4 is 10.6 Å². The Morgan fingerprint density at radius 1 is 1.13 bits per heavy atom. The number of imide groups is 1. The van der Waals surface area contributed by atoms with Crippen LogP contribution in [0.4, 0.5) is 10.5 Å². The Hall–Kier alpha value is -2.41. The Labute approximate surface area is 176 Å². The molecule has 3 N–H and O–H groups in total. The average molecular weight is 412 g/mol. The summed E-state index contributed by atoms with van der Waals surface area (Å²) < 4.78 is 0. The molecule has 1 aromatic rings. The van der Waals surface area contributed by atoms with Crippen LogP contribution >= 0.6 is 0 Å². The maximum atomic E-state index is 13.2. The number of benzene rings is 1. The zero-order valence-electron chi connectivity index (χ0n) is 17.5. The fraction of sp³-hybridized carbons (Fsp3) is 0.609. The highest BCUT2D eigenvalue weighted by atomic mass is 16.3. The largest absolute Gasteiger partial charge is 0.390 e. The molecule has 7 nitrogen and oxygen atoms in total. The average Bonchev–Trinajstić information content (AvgIpc) is 2.83. The third-order valence-electron chi connectivity index (χ3n) is 7.51. The molecule has 7 heteroatoms. The lowest BCUT2D eigenvalue weighted by atomic mass is 9.47. The van der Waals surface area contributed by atoms with Gasteiger partial charge in [-0.3, -0.25) is 14.5 Å². The van der Waals surface area contributed by atoms with Crippen LogP contribution in [0, 0.1) is 17.3 Å². The van der Waals surface area contributed by atoms with Gasteiger partial charge in [-0.25, -0.2) is 4.79 Å². The number of amides is 4. The Bertz CT molecular complexity index is 909. The van der Waals surface area contributed by atoms with Crippen molar-refractivity contribution in [1.29, 1.82) is 0 Å². The summed E-state index contributed by atoms with van der Waals surface area (Å²) in [6, 6.07) is 6.89. The zero-order valence-corrected chi connectivity index (χ0v) is 17.5. The van der Waals surface area contributed by atoms with Crippen molar-refractivity contribution >= 4 is 23.5 Å². The Morgan fingerprint density at radius 2 is 1.77 bits per heavy atom. The molecule has 6 rings (SSSR count). The summed E-state index contributed by atoms with van der Waals surface area (Å²) in [5.41, 5.74) is -0.486. The molecule has 5 fully saturated rings. The SMILES string of the molecule is CC1(C)NC(=O)N(Cc2ccc(NC(=O)C34CC5CC(CC(O)(C5)C3)C4)cc2)C1=O. The molecule has 2 atom stereocenters. The van der Waals surface area contributed by atoms with Gasteiger partial charge < -0.3 is 15.7 Å². The van der Waals surface area contributed by atoms with E-state index < -0.39 is 16.6 Å². The monoisotopic (exact) mass is 411 g/mol. The molecule has 2 unspecified atom stereocenters. The van der Waals surface area contributed by atoms with Gasteiger partial charge in [0.2, 0.25) is 5.91 Å². The van der Waals surface area contributed by atoms with Gasteiger partial charge in [-0.1, -0.05) is 12.1 Å². The topological polar surface area (TPSA) is 98.7 Å². The van der Waals surface area contributed by atoms with Gasteiger partial charge in [0.25, 0.3) is 5.91 Å². The predicted octanol–water partition coefficient (Wildman–Crippen LogP) is 2.79. The molecule has 4 saturated carbocycles. The van der Waals surface area contributed by atoms with E-state index in [0.29, 0.717) is 23.9 Å². The Morgan fingerprint density at radius 3 is 2.30 bits per heavy atom. The fourth-order valence-electron chi connectivity index (χ4n) is 6.58. The molecule has 1 saturated heterocycles. The number of urea groups is 1. The normalized spacial score (nSPS) is 36.2. The van der Waals surface area contributed by atoms with Crippen LogP contribution in [-0.2, 0) is 16.1 Å². The van der Waals surface area contributed by atoms with Gasteiger partial charge >= 0.3 is 6.03 Å². The summed E-state index contributed by atoms with van der Waals surface area (Å²) in [5, 5.41) is 16.6. The van der Waals surface area contributed by atoms with Crippen LogP contribution in [0.2, 0.25) is 0 Å². The number of aliphatic hydroxyl groups is 1. The van der Waals surface area contributed by atoms with Gasteiger partial charge in [-0.05, 0) is 81.9 Å². The van der Waals surface area contributed by atoms with Crippen molar-refractivity contribution in [2.45, 2.75) is 70.1 Å². The van der Waals surface area contributed by atoms with Crippen molar-refractivity contribution in [1.82, 2.24) is 10.2 Å². The van der Waals surface area contributed by atoms with Crippen LogP contribution in [-0.4, -0.2) is 39.0 Å². The molecule has 1 heterocycles. The van der Waals surface area contributed by atoms with E-state index in [1.807, 2.05) is 24.3 Å². The quantitative estimate of drug-likeness (QED) is 0.664. The summed E-state index contributed by atoms with van der Waals surface area (Å²) in [7, 11) is 0. The van der Waals surface area contributed by atoms with Gasteiger partial charge in [-0.2, -0.15) is 0 Å². The summed E-state index contributed by atoms with van der Waals surface area (Å²) in [6.07, 6.45) is 5.14. The third kappa shape index (κ3) is 3.11. The molecule has 1 aromatic carbocycles. The molecule has 0 spiro atoms. The standard InChI is InChI=1S/C23H29N3O4/c1-21(2)19(28)26(20(29)25-21)12-14-3-5-17(6-4-14)24-18(27)22-8-15-7-16(9-22)11-23(30,10-15)13-22/h3-6,15-16,30H,7-13H2,1-2H3,(H,24,27)(H,25,29). The van der Waals surface area contributed by atoms with Crippen LogP contribution in [0.3, 0.4) is 0 Å². The van der Waals surface area contributed by atoms with E-state index in [-0.39, 0.29) is 24.4 Å². The molecule has 4 aliphatic carbocycles. The van der Waals surface area contributed by atoms with E-state index in [1.54, 1.807) is 13.8 Å². The number of hydrogen-bond donors (Lipinski definition) is 3. The predicted molar refractivity (Wildman–Crippen MR) is 110 cm³/mol. The van der Waals surface area contributed by atoms with Gasteiger partial charge in [0.05, 0.1) is 17.6 Å². The highest BCUT2D eigenvalue weighted by molar-refractivity contribution is 6.06. The molecule has 30 heavy (non-hydrogen) atoms. The first kappa shape index (κ1) is 19.5. The van der Waals surface area contributed by atoms with Gasteiger partial charge in [0.15, 0.2) is 0 Å². The first-order chi connectivity index (χ1) is 14.1. The first-order valence-electron chi connectivity index (χ1n) is 10.8. The molecular weight excluding hydrogens is 382 g/mol. The molecular formula is C23H29N3O4. The van der Waals surface area contributed by atoms with E-state index in [9.17, 15) is 19.5 Å². The Kier molecular flexibility index (Phi) is 4.10. The summed E-state index contributed by atoms with van der Waals surface area (Å²) in [6.45, 7) is 3.57. The van der Waals surface area contributed by atoms with Gasteiger partial charge in [-0.15, -0.1) is 0 Å². The fourth-order valence-corrected chi connectivity index (χ4v) is 6.58. The summed E-state index contributed by atoms with van der Waals surface area (Å²) >= 11 is 0. The smallest absolute Gasteiger partial charge is 0.325 e. The molecule has 4 amide bonds. The van der Waals surface area contributed by atoms with Gasteiger partial charge in [0.1, 0.15) is 5.54 Å². The van der Waals surface area contributed by atoms with E-state index in [4.69, 9.17) is 0 Å². The van der Waals surface area contributed by atoms with Crippen LogP contribution in [0.5, 0.6) is 0 Å². The summed E-state index contributed by atoms with van der Waals surface area (Å²) in [5.74, 6) is 0.679. The second kappa shape index (κ2) is 6.30. The van der Waals surface area contributed by atoms with Crippen molar-refractivity contribution in [3.63, 3.8) is 0 Å². The highest BCUT2D eigenvalue weighted by Crippen LogP contribution is 2.61. The van der Waals surface area contributed by atoms with Crippen molar-refractivity contribution < 1.29 is 19.5 Å². The van der Waals surface area contributed by atoms with Crippen molar-refractivity contribution in [3.05, 3.63) is 29.8 Å². The molecule has 4 bridgehead atoms. The summed E-state index contributed by atoms with van der Waals surface area (Å²) in [4.78, 5) is 38.8. The molecule has 0 radical (unpaired) electrons. The second-order valence-electron chi connectivity index (χ2n) is 10.6. The maximum Gasteiger partial charge on any atom is 0.325 e. The Balaban J connectivity index is 1.26. The third-order valence-corrected chi connectivity index (χ3v) is 7.51. The first-order valence-corrected chi connectivity index (χ1v) is 10.8. The molecule has 160 valence electrons. The number of hydrogen-bond acceptors (Lipinski definition) is 4. The zero-order chi connectivity index (χ0) is 21.3. The molecule has 0 aromatic heterocycles. The van der Waals surface area contributed by atoms with Crippen LogP contribution in [0.15, 0.2) is 24.3 Å². The number of nitrogens with zero attached hydrogens (tertiary/aromatic N) is 1. The minimum absolute atomic E-state index is 0.0126. The van der Waals surface area contributed by atoms with Gasteiger partial charge in [0, 0.05) is 5.69 Å². The van der Waals surface area contributed by atoms with E-state index in [0.717, 1.165) is 37.7 Å². The number of carbonyl (C=O) groups excluding carboxylic acids is 3. The van der Waals surface area contributed by atoms with E-state index in [2.05, 4.69) is 10.6 Å². The number of nitrogens with one attached hydrogen (secondary N) is 2. The number of anilines is 1. The maximum absolute atomic E-state index is 13.2. The minimum Gasteiger partial charge on any atom is -0.390 e. The van der Waals surface area contributed by atoms with Crippen LogP contribution in [0.25, 0.3) is 0 Å². The van der Waals surface area contributed by atoms with E-state index in [1.165, 1.54) is 4.90 Å². The number of rotatable bonds is 4. The van der Waals surface area contributed by atoms with Crippen LogP contribution in [0.1, 0.15) is 57.9 Å². The highest BCUT2D eigenvalue weighted by Gasteiger charge is 2.60. The lowest BCUT2D eigenvalue weighted by molar-refractivity contribution is -0.174. The molecule has 5 aliphatic rings. The number of carbonyl (C=O) groups is 3. The minimum atomic E-state index is -0.882. The van der Waals surface area contributed by atoms with Crippen molar-refractivity contribution in [3.8, 4) is 0 Å². The van der Waals surface area contributed by atoms with E-state index >= 15 is 0 Å². The lowest BCUT2D eigenvalue weighted by Crippen LogP contribution is -2.59. The lowest BCUT2D eigenvalue weighted by Gasteiger charge is -2.59. The van der Waals surface area contributed by atoms with Crippen molar-refractivity contribution in [2.24, 2.45) is 17.3 Å². The molecule has 1 aliphatic heterocycles. The second-order valence-corrected chi connectivity index (χ2v) is 10.6. The van der Waals surface area contributed by atoms with Crippen molar-refractivity contribution in [2.75, 3.05) is 5.32 Å².